The highest BCUT2D eigenvalue weighted by Crippen LogP contribution is 2.14. The average molecular weight is 214 g/mol. The van der Waals surface area contributed by atoms with Crippen molar-refractivity contribution in [2.45, 2.75) is 32.7 Å². The molecule has 0 aliphatic carbocycles. The first-order valence-electron chi connectivity index (χ1n) is 5.73. The lowest BCUT2D eigenvalue weighted by Gasteiger charge is -2.26. The zero-order valence-corrected chi connectivity index (χ0v) is 9.66. The van der Waals surface area contributed by atoms with E-state index in [1.54, 1.807) is 0 Å². The van der Waals surface area contributed by atoms with Crippen molar-refractivity contribution in [2.24, 2.45) is 17.6 Å². The van der Waals surface area contributed by atoms with E-state index in [-0.39, 0.29) is 17.9 Å². The maximum absolute atomic E-state index is 11.8. The van der Waals surface area contributed by atoms with Crippen molar-refractivity contribution in [3.63, 3.8) is 0 Å². The second-order valence-corrected chi connectivity index (χ2v) is 4.51. The smallest absolute Gasteiger partial charge is 0.225 e. The van der Waals surface area contributed by atoms with Gasteiger partial charge in [0, 0.05) is 19.2 Å². The quantitative estimate of drug-likeness (QED) is 0.717. The van der Waals surface area contributed by atoms with Crippen LogP contribution in [0.3, 0.4) is 0 Å². The Labute approximate surface area is 91.5 Å². The molecule has 3 N–H and O–H groups in total. The lowest BCUT2D eigenvalue weighted by molar-refractivity contribution is -0.129. The molecule has 1 fully saturated rings. The van der Waals surface area contributed by atoms with Crippen molar-refractivity contribution in [1.82, 2.24) is 5.32 Å². The van der Waals surface area contributed by atoms with Gasteiger partial charge in [0.15, 0.2) is 0 Å². The summed E-state index contributed by atoms with van der Waals surface area (Å²) >= 11 is 0. The fourth-order valence-corrected chi connectivity index (χ4v) is 1.75. The van der Waals surface area contributed by atoms with Gasteiger partial charge >= 0.3 is 0 Å². The molecule has 0 aromatic rings. The monoisotopic (exact) mass is 214 g/mol. The van der Waals surface area contributed by atoms with Crippen LogP contribution in [0.25, 0.3) is 0 Å². The second kappa shape index (κ2) is 6.08. The summed E-state index contributed by atoms with van der Waals surface area (Å²) in [6.07, 6.45) is 1.91. The highest BCUT2D eigenvalue weighted by atomic mass is 16.5. The lowest BCUT2D eigenvalue weighted by Crippen LogP contribution is -2.47. The van der Waals surface area contributed by atoms with Crippen LogP contribution in [0, 0.1) is 11.8 Å². The molecule has 1 saturated heterocycles. The minimum atomic E-state index is 0.0200. The molecule has 0 radical (unpaired) electrons. The Balaban J connectivity index is 2.38. The van der Waals surface area contributed by atoms with Gasteiger partial charge in [0.1, 0.15) is 0 Å². The molecule has 1 rings (SSSR count). The summed E-state index contributed by atoms with van der Waals surface area (Å²) in [5.41, 5.74) is 5.61. The normalized spacial score (nSPS) is 23.9. The van der Waals surface area contributed by atoms with E-state index in [0.29, 0.717) is 19.1 Å². The van der Waals surface area contributed by atoms with Crippen LogP contribution in [-0.2, 0) is 9.53 Å². The molecule has 1 amide bonds. The van der Waals surface area contributed by atoms with E-state index in [1.807, 2.05) is 0 Å². The predicted molar refractivity (Wildman–Crippen MR) is 59.4 cm³/mol. The lowest BCUT2D eigenvalue weighted by atomic mass is 9.99. The highest BCUT2D eigenvalue weighted by molar-refractivity contribution is 5.79. The van der Waals surface area contributed by atoms with Crippen LogP contribution in [-0.4, -0.2) is 31.7 Å². The molecule has 2 atom stereocenters. The first-order chi connectivity index (χ1) is 7.15. The van der Waals surface area contributed by atoms with Gasteiger partial charge in [-0.05, 0) is 18.8 Å². The molecule has 0 bridgehead atoms. The molecule has 15 heavy (non-hydrogen) atoms. The van der Waals surface area contributed by atoms with Crippen LogP contribution >= 0.6 is 0 Å². The van der Waals surface area contributed by atoms with Crippen molar-refractivity contribution in [2.75, 3.05) is 19.8 Å². The number of hydrogen-bond donors (Lipinski definition) is 2. The molecular weight excluding hydrogens is 192 g/mol. The van der Waals surface area contributed by atoms with Gasteiger partial charge in [-0.1, -0.05) is 13.8 Å². The van der Waals surface area contributed by atoms with E-state index in [9.17, 15) is 4.79 Å². The van der Waals surface area contributed by atoms with Gasteiger partial charge in [0.2, 0.25) is 5.91 Å². The standard InChI is InChI=1S/C11H22N2O2/c1-8(2)10(6-12)13-11(14)9-4-3-5-15-7-9/h8-10H,3-7,12H2,1-2H3,(H,13,14). The summed E-state index contributed by atoms with van der Waals surface area (Å²) < 4.78 is 5.29. The molecule has 4 nitrogen and oxygen atoms in total. The summed E-state index contributed by atoms with van der Waals surface area (Å²) in [6, 6.07) is 0.0828. The number of hydrogen-bond acceptors (Lipinski definition) is 3. The molecule has 88 valence electrons. The Morgan fingerprint density at radius 3 is 2.80 bits per heavy atom. The van der Waals surface area contributed by atoms with Gasteiger partial charge in [-0.25, -0.2) is 0 Å². The van der Waals surface area contributed by atoms with E-state index in [4.69, 9.17) is 10.5 Å². The maximum atomic E-state index is 11.8. The minimum absolute atomic E-state index is 0.0200. The minimum Gasteiger partial charge on any atom is -0.381 e. The van der Waals surface area contributed by atoms with Gasteiger partial charge in [-0.2, -0.15) is 0 Å². The number of carbonyl (C=O) groups is 1. The first kappa shape index (κ1) is 12.5. The number of ether oxygens (including phenoxy) is 1. The first-order valence-corrected chi connectivity index (χ1v) is 5.73. The zero-order chi connectivity index (χ0) is 11.3. The maximum Gasteiger partial charge on any atom is 0.225 e. The highest BCUT2D eigenvalue weighted by Gasteiger charge is 2.24. The van der Waals surface area contributed by atoms with E-state index < -0.39 is 0 Å². The summed E-state index contributed by atoms with van der Waals surface area (Å²) in [6.45, 7) is 5.97. The van der Waals surface area contributed by atoms with Crippen LogP contribution < -0.4 is 11.1 Å². The third-order valence-electron chi connectivity index (χ3n) is 2.92. The molecule has 0 saturated carbocycles. The van der Waals surface area contributed by atoms with Crippen molar-refractivity contribution in [3.05, 3.63) is 0 Å². The Kier molecular flexibility index (Phi) is 5.05. The Hall–Kier alpha value is -0.610. The number of nitrogens with two attached hydrogens (primary N) is 1. The van der Waals surface area contributed by atoms with Crippen molar-refractivity contribution in [1.29, 1.82) is 0 Å². The molecule has 1 aliphatic heterocycles. The van der Waals surface area contributed by atoms with Gasteiger partial charge in [0.05, 0.1) is 12.5 Å². The topological polar surface area (TPSA) is 64.3 Å². The molecule has 1 aliphatic rings. The third-order valence-corrected chi connectivity index (χ3v) is 2.92. The summed E-state index contributed by atoms with van der Waals surface area (Å²) in [4.78, 5) is 11.8. The molecule has 0 spiro atoms. The SMILES string of the molecule is CC(C)C(CN)NC(=O)C1CCCOC1. The van der Waals surface area contributed by atoms with Crippen LogP contribution in [0.15, 0.2) is 0 Å². The van der Waals surface area contributed by atoms with Gasteiger partial charge in [0.25, 0.3) is 0 Å². The molecule has 1 heterocycles. The van der Waals surface area contributed by atoms with Gasteiger partial charge in [-0.15, -0.1) is 0 Å². The molecule has 0 aromatic carbocycles. The molecule has 0 aromatic heterocycles. The zero-order valence-electron chi connectivity index (χ0n) is 9.66. The third kappa shape index (κ3) is 3.80. The number of rotatable bonds is 4. The van der Waals surface area contributed by atoms with E-state index in [2.05, 4.69) is 19.2 Å². The fourth-order valence-electron chi connectivity index (χ4n) is 1.75. The largest absolute Gasteiger partial charge is 0.381 e. The molecule has 4 heteroatoms. The molecule has 2 unspecified atom stereocenters. The number of amides is 1. The summed E-state index contributed by atoms with van der Waals surface area (Å²) in [5, 5.41) is 2.99. The van der Waals surface area contributed by atoms with Gasteiger partial charge in [-0.3, -0.25) is 4.79 Å². The predicted octanol–water partition coefficient (Wildman–Crippen LogP) is 0.513. The fraction of sp³-hybridized carbons (Fsp3) is 0.909. The number of carbonyl (C=O) groups excluding carboxylic acids is 1. The Morgan fingerprint density at radius 2 is 2.33 bits per heavy atom. The number of nitrogens with one attached hydrogen (secondary N) is 1. The second-order valence-electron chi connectivity index (χ2n) is 4.51. The van der Waals surface area contributed by atoms with Crippen molar-refractivity contribution < 1.29 is 9.53 Å². The van der Waals surface area contributed by atoms with Crippen LogP contribution in [0.2, 0.25) is 0 Å². The molecular formula is C11H22N2O2. The Morgan fingerprint density at radius 1 is 1.60 bits per heavy atom. The van der Waals surface area contributed by atoms with E-state index >= 15 is 0 Å². The van der Waals surface area contributed by atoms with Crippen molar-refractivity contribution >= 4 is 5.91 Å². The van der Waals surface area contributed by atoms with Crippen LogP contribution in [0.5, 0.6) is 0 Å². The van der Waals surface area contributed by atoms with E-state index in [1.165, 1.54) is 0 Å². The van der Waals surface area contributed by atoms with E-state index in [0.717, 1.165) is 19.4 Å². The Bertz CT molecular complexity index is 201. The van der Waals surface area contributed by atoms with Crippen LogP contribution in [0.1, 0.15) is 26.7 Å². The van der Waals surface area contributed by atoms with Crippen LogP contribution in [0.4, 0.5) is 0 Å². The summed E-state index contributed by atoms with van der Waals surface area (Å²) in [7, 11) is 0. The average Bonchev–Trinajstić information content (AvgIpc) is 2.26. The van der Waals surface area contributed by atoms with Crippen molar-refractivity contribution in [3.8, 4) is 0 Å². The van der Waals surface area contributed by atoms with Gasteiger partial charge < -0.3 is 15.8 Å². The summed E-state index contributed by atoms with van der Waals surface area (Å²) in [5.74, 6) is 0.494.